The minimum atomic E-state index is -0.123. The SMILES string of the molecule is CN1CCN(C(=O)c2cccc(C(=O)NC3CC3)c2)c2cc(Cl)ccc21. The molecule has 1 aliphatic heterocycles. The highest BCUT2D eigenvalue weighted by atomic mass is 35.5. The van der Waals surface area contributed by atoms with Crippen molar-refractivity contribution in [2.24, 2.45) is 0 Å². The number of benzene rings is 2. The number of nitrogens with zero attached hydrogens (tertiary/aromatic N) is 2. The second-order valence-electron chi connectivity index (χ2n) is 6.84. The van der Waals surface area contributed by atoms with Gasteiger partial charge in [-0.05, 0) is 49.2 Å². The number of hydrogen-bond acceptors (Lipinski definition) is 3. The summed E-state index contributed by atoms with van der Waals surface area (Å²) in [6, 6.07) is 12.8. The number of amides is 2. The van der Waals surface area contributed by atoms with Crippen LogP contribution in [0.1, 0.15) is 33.6 Å². The Bertz CT molecular complexity index is 879. The largest absolute Gasteiger partial charge is 0.371 e. The molecular formula is C20H20ClN3O2. The maximum absolute atomic E-state index is 13.1. The first-order chi connectivity index (χ1) is 12.5. The molecule has 2 aromatic rings. The number of likely N-dealkylation sites (N-methyl/N-ethyl adjacent to an activating group) is 1. The van der Waals surface area contributed by atoms with Crippen LogP contribution < -0.4 is 15.1 Å². The highest BCUT2D eigenvalue weighted by molar-refractivity contribution is 6.31. The van der Waals surface area contributed by atoms with Crippen molar-refractivity contribution in [3.8, 4) is 0 Å². The molecule has 0 unspecified atom stereocenters. The minimum Gasteiger partial charge on any atom is -0.371 e. The lowest BCUT2D eigenvalue weighted by Gasteiger charge is -2.35. The Hall–Kier alpha value is -2.53. The summed E-state index contributed by atoms with van der Waals surface area (Å²) in [6.45, 7) is 1.31. The number of anilines is 2. The topological polar surface area (TPSA) is 52.7 Å². The molecule has 2 aromatic carbocycles. The first kappa shape index (κ1) is 16.9. The van der Waals surface area contributed by atoms with E-state index >= 15 is 0 Å². The van der Waals surface area contributed by atoms with Gasteiger partial charge in [0.05, 0.1) is 11.4 Å². The number of hydrogen-bond donors (Lipinski definition) is 1. The zero-order valence-electron chi connectivity index (χ0n) is 14.5. The quantitative estimate of drug-likeness (QED) is 0.902. The van der Waals surface area contributed by atoms with Gasteiger partial charge in [-0.15, -0.1) is 0 Å². The summed E-state index contributed by atoms with van der Waals surface area (Å²) in [4.78, 5) is 29.2. The summed E-state index contributed by atoms with van der Waals surface area (Å²) in [5.41, 5.74) is 2.79. The average molecular weight is 370 g/mol. The summed E-state index contributed by atoms with van der Waals surface area (Å²) in [5, 5.41) is 3.55. The average Bonchev–Trinajstić information content (AvgIpc) is 3.45. The Labute approximate surface area is 157 Å². The van der Waals surface area contributed by atoms with Gasteiger partial charge in [-0.1, -0.05) is 17.7 Å². The third-order valence-corrected chi connectivity index (χ3v) is 5.06. The second-order valence-corrected chi connectivity index (χ2v) is 7.28. The van der Waals surface area contributed by atoms with Crippen LogP contribution in [-0.2, 0) is 0 Å². The maximum atomic E-state index is 13.1. The van der Waals surface area contributed by atoms with Gasteiger partial charge < -0.3 is 15.1 Å². The van der Waals surface area contributed by atoms with E-state index in [1.807, 2.05) is 25.2 Å². The molecule has 1 saturated carbocycles. The molecule has 0 spiro atoms. The van der Waals surface area contributed by atoms with Crippen LogP contribution in [0, 0.1) is 0 Å². The maximum Gasteiger partial charge on any atom is 0.258 e. The molecule has 134 valence electrons. The second kappa shape index (κ2) is 6.65. The molecule has 0 aromatic heterocycles. The monoisotopic (exact) mass is 369 g/mol. The van der Waals surface area contributed by atoms with Crippen molar-refractivity contribution in [3.63, 3.8) is 0 Å². The normalized spacial score (nSPS) is 16.2. The molecule has 26 heavy (non-hydrogen) atoms. The smallest absolute Gasteiger partial charge is 0.258 e. The van der Waals surface area contributed by atoms with Crippen molar-refractivity contribution in [2.75, 3.05) is 29.9 Å². The summed E-state index contributed by atoms with van der Waals surface area (Å²) in [6.07, 6.45) is 2.06. The molecule has 1 fully saturated rings. The Morgan fingerprint density at radius 1 is 1.04 bits per heavy atom. The third kappa shape index (κ3) is 3.27. The molecule has 0 radical (unpaired) electrons. The Morgan fingerprint density at radius 2 is 1.81 bits per heavy atom. The molecule has 4 rings (SSSR count). The van der Waals surface area contributed by atoms with E-state index in [2.05, 4.69) is 10.2 Å². The lowest BCUT2D eigenvalue weighted by Crippen LogP contribution is -2.42. The summed E-state index contributed by atoms with van der Waals surface area (Å²) in [5.74, 6) is -0.244. The Morgan fingerprint density at radius 3 is 2.58 bits per heavy atom. The van der Waals surface area contributed by atoms with Gasteiger partial charge in [0.25, 0.3) is 11.8 Å². The molecule has 2 amide bonds. The fraction of sp³-hybridized carbons (Fsp3) is 0.300. The first-order valence-corrected chi connectivity index (χ1v) is 9.14. The van der Waals surface area contributed by atoms with Crippen LogP contribution in [-0.4, -0.2) is 38.0 Å². The van der Waals surface area contributed by atoms with Gasteiger partial charge >= 0.3 is 0 Å². The van der Waals surface area contributed by atoms with E-state index in [1.165, 1.54) is 0 Å². The highest BCUT2D eigenvalue weighted by Crippen LogP contribution is 2.35. The molecule has 0 saturated heterocycles. The molecule has 1 aliphatic carbocycles. The number of halogens is 1. The minimum absolute atomic E-state index is 0.121. The van der Waals surface area contributed by atoms with Gasteiger partial charge in [-0.3, -0.25) is 9.59 Å². The third-order valence-electron chi connectivity index (χ3n) is 4.83. The summed E-state index contributed by atoms with van der Waals surface area (Å²) >= 11 is 6.15. The van der Waals surface area contributed by atoms with Gasteiger partial charge in [0.1, 0.15) is 0 Å². The number of nitrogens with one attached hydrogen (secondary N) is 1. The van der Waals surface area contributed by atoms with Crippen LogP contribution >= 0.6 is 11.6 Å². The zero-order valence-corrected chi connectivity index (χ0v) is 15.3. The Kier molecular flexibility index (Phi) is 4.32. The van der Waals surface area contributed by atoms with E-state index in [1.54, 1.807) is 29.2 Å². The number of carbonyl (C=O) groups excluding carboxylic acids is 2. The van der Waals surface area contributed by atoms with Crippen molar-refractivity contribution < 1.29 is 9.59 Å². The van der Waals surface area contributed by atoms with Crippen LogP contribution in [0.15, 0.2) is 42.5 Å². The van der Waals surface area contributed by atoms with Crippen LogP contribution in [0.25, 0.3) is 0 Å². The molecular weight excluding hydrogens is 350 g/mol. The lowest BCUT2D eigenvalue weighted by atomic mass is 10.1. The van der Waals surface area contributed by atoms with Gasteiger partial charge in [0, 0.05) is 42.3 Å². The van der Waals surface area contributed by atoms with E-state index in [9.17, 15) is 9.59 Å². The summed E-state index contributed by atoms with van der Waals surface area (Å²) in [7, 11) is 2.00. The molecule has 2 aliphatic rings. The molecule has 6 heteroatoms. The molecule has 0 bridgehead atoms. The summed E-state index contributed by atoms with van der Waals surface area (Å²) < 4.78 is 0. The van der Waals surface area contributed by atoms with E-state index in [4.69, 9.17) is 11.6 Å². The van der Waals surface area contributed by atoms with E-state index in [0.717, 1.165) is 30.8 Å². The molecule has 5 nitrogen and oxygen atoms in total. The van der Waals surface area contributed by atoms with Crippen molar-refractivity contribution in [2.45, 2.75) is 18.9 Å². The number of fused-ring (bicyclic) bond motifs is 1. The number of rotatable bonds is 3. The van der Waals surface area contributed by atoms with Crippen molar-refractivity contribution in [1.29, 1.82) is 0 Å². The first-order valence-electron chi connectivity index (χ1n) is 8.76. The van der Waals surface area contributed by atoms with Gasteiger partial charge in [0.15, 0.2) is 0 Å². The highest BCUT2D eigenvalue weighted by Gasteiger charge is 2.27. The predicted octanol–water partition coefficient (Wildman–Crippen LogP) is 3.33. The van der Waals surface area contributed by atoms with Crippen molar-refractivity contribution in [3.05, 3.63) is 58.6 Å². The van der Waals surface area contributed by atoms with Crippen molar-refractivity contribution in [1.82, 2.24) is 5.32 Å². The predicted molar refractivity (Wildman–Crippen MR) is 103 cm³/mol. The molecule has 1 heterocycles. The van der Waals surface area contributed by atoms with Crippen LogP contribution in [0.3, 0.4) is 0 Å². The Balaban J connectivity index is 1.63. The van der Waals surface area contributed by atoms with E-state index in [-0.39, 0.29) is 17.9 Å². The van der Waals surface area contributed by atoms with Crippen molar-refractivity contribution >= 4 is 34.8 Å². The van der Waals surface area contributed by atoms with Gasteiger partial charge in [-0.2, -0.15) is 0 Å². The van der Waals surface area contributed by atoms with Gasteiger partial charge in [-0.25, -0.2) is 0 Å². The van der Waals surface area contributed by atoms with E-state index in [0.29, 0.717) is 22.7 Å². The fourth-order valence-corrected chi connectivity index (χ4v) is 3.35. The van der Waals surface area contributed by atoms with Gasteiger partial charge in [0.2, 0.25) is 0 Å². The fourth-order valence-electron chi connectivity index (χ4n) is 3.18. The molecule has 0 atom stereocenters. The standard InChI is InChI=1S/C20H20ClN3O2/c1-23-9-10-24(18-12-15(21)5-8-17(18)23)20(26)14-4-2-3-13(11-14)19(25)22-16-6-7-16/h2-5,8,11-12,16H,6-7,9-10H2,1H3,(H,22,25). The van der Waals surface area contributed by atoms with Crippen LogP contribution in [0.2, 0.25) is 5.02 Å². The van der Waals surface area contributed by atoms with Crippen LogP contribution in [0.4, 0.5) is 11.4 Å². The lowest BCUT2D eigenvalue weighted by molar-refractivity contribution is 0.0951. The van der Waals surface area contributed by atoms with Crippen LogP contribution in [0.5, 0.6) is 0 Å². The molecule has 1 N–H and O–H groups in total. The zero-order chi connectivity index (χ0) is 18.3. The van der Waals surface area contributed by atoms with E-state index < -0.39 is 0 Å². The number of carbonyl (C=O) groups is 2.